The highest BCUT2D eigenvalue weighted by atomic mass is 19.1. The van der Waals surface area contributed by atoms with Gasteiger partial charge in [-0.3, -0.25) is 9.59 Å². The Kier molecular flexibility index (Phi) is 5.24. The largest absolute Gasteiger partial charge is 0.492 e. The van der Waals surface area contributed by atoms with Gasteiger partial charge in [-0.2, -0.15) is 0 Å². The van der Waals surface area contributed by atoms with Crippen molar-refractivity contribution in [2.45, 2.75) is 6.54 Å². The molecule has 5 nitrogen and oxygen atoms in total. The molecule has 0 spiro atoms. The second kappa shape index (κ2) is 8.14. The van der Waals surface area contributed by atoms with Crippen LogP contribution < -0.4 is 15.5 Å². The summed E-state index contributed by atoms with van der Waals surface area (Å²) in [5.41, 5.74) is 1.39. The quantitative estimate of drug-likeness (QED) is 0.405. The smallest absolute Gasteiger partial charge is 0.240 e. The van der Waals surface area contributed by atoms with Gasteiger partial charge in [-0.05, 0) is 48.5 Å². The van der Waals surface area contributed by atoms with E-state index in [-0.39, 0.29) is 30.3 Å². The average molecular weight is 390 g/mol. The van der Waals surface area contributed by atoms with Gasteiger partial charge in [0.1, 0.15) is 24.7 Å². The third-order valence-electron chi connectivity index (χ3n) is 4.69. The Morgan fingerprint density at radius 3 is 2.10 bits per heavy atom. The number of benzene rings is 3. The van der Waals surface area contributed by atoms with E-state index in [9.17, 15) is 14.0 Å². The zero-order chi connectivity index (χ0) is 20.2. The van der Waals surface area contributed by atoms with Crippen LogP contribution in [-0.4, -0.2) is 23.6 Å². The van der Waals surface area contributed by atoms with E-state index in [1.54, 1.807) is 12.1 Å². The summed E-state index contributed by atoms with van der Waals surface area (Å²) in [6.07, 6.45) is 0. The second-order valence-electron chi connectivity index (χ2n) is 6.60. The van der Waals surface area contributed by atoms with Crippen LogP contribution in [0.2, 0.25) is 0 Å². The molecule has 4 aromatic rings. The Hall–Kier alpha value is -3.67. The number of carbonyl (C=O) groups excluding carboxylic acids is 1. The number of rotatable bonds is 6. The van der Waals surface area contributed by atoms with Crippen LogP contribution in [0.15, 0.2) is 77.6 Å². The van der Waals surface area contributed by atoms with Crippen molar-refractivity contribution in [3.8, 4) is 5.75 Å². The lowest BCUT2D eigenvalue weighted by Crippen LogP contribution is -2.31. The fraction of sp³-hybridized carbons (Fsp3) is 0.130. The van der Waals surface area contributed by atoms with Gasteiger partial charge in [-0.25, -0.2) is 4.39 Å². The predicted molar refractivity (Wildman–Crippen MR) is 111 cm³/mol. The molecule has 4 rings (SSSR count). The highest BCUT2D eigenvalue weighted by molar-refractivity contribution is 5.94. The van der Waals surface area contributed by atoms with Gasteiger partial charge in [0.25, 0.3) is 0 Å². The Labute approximate surface area is 166 Å². The Balaban J connectivity index is 1.49. The van der Waals surface area contributed by atoms with Crippen molar-refractivity contribution in [2.24, 2.45) is 0 Å². The first-order chi connectivity index (χ1) is 14.1. The normalized spacial score (nSPS) is 10.9. The Morgan fingerprint density at radius 1 is 0.897 bits per heavy atom. The van der Waals surface area contributed by atoms with Crippen LogP contribution in [0.3, 0.4) is 0 Å². The van der Waals surface area contributed by atoms with Crippen LogP contribution in [-0.2, 0) is 11.3 Å². The number of aromatic nitrogens is 1. The van der Waals surface area contributed by atoms with Crippen LogP contribution in [0.4, 0.5) is 4.39 Å². The van der Waals surface area contributed by atoms with Crippen LogP contribution in [0.1, 0.15) is 0 Å². The number of pyridine rings is 1. The summed E-state index contributed by atoms with van der Waals surface area (Å²) in [7, 11) is 0. The number of halogens is 1. The standard InChI is InChI=1S/C23H19FN2O3/c24-16-9-11-17(12-10-16)29-14-13-25-22(27)15-26-20-7-3-1-5-18(20)23(28)19-6-2-4-8-21(19)26/h1-12H,13-15H2,(H,25,27). The first kappa shape index (κ1) is 18.7. The molecular weight excluding hydrogens is 371 g/mol. The Morgan fingerprint density at radius 2 is 1.48 bits per heavy atom. The van der Waals surface area contributed by atoms with Crippen molar-refractivity contribution >= 4 is 27.7 Å². The first-order valence-electron chi connectivity index (χ1n) is 9.29. The topological polar surface area (TPSA) is 60.3 Å². The van der Waals surface area contributed by atoms with E-state index in [2.05, 4.69) is 5.32 Å². The van der Waals surface area contributed by atoms with Gasteiger partial charge in [-0.1, -0.05) is 24.3 Å². The number of fused-ring (bicyclic) bond motifs is 2. The van der Waals surface area contributed by atoms with E-state index in [0.29, 0.717) is 34.1 Å². The Bertz CT molecular complexity index is 1170. The first-order valence-corrected chi connectivity index (χ1v) is 9.29. The van der Waals surface area contributed by atoms with Gasteiger partial charge >= 0.3 is 0 Å². The molecule has 6 heteroatoms. The molecule has 0 atom stereocenters. The molecule has 29 heavy (non-hydrogen) atoms. The number of ether oxygens (including phenoxy) is 1. The lowest BCUT2D eigenvalue weighted by molar-refractivity contribution is -0.121. The summed E-state index contributed by atoms with van der Waals surface area (Å²) in [4.78, 5) is 25.3. The van der Waals surface area contributed by atoms with E-state index in [1.165, 1.54) is 24.3 Å². The zero-order valence-electron chi connectivity index (χ0n) is 15.6. The number of hydrogen-bond acceptors (Lipinski definition) is 3. The van der Waals surface area contributed by atoms with E-state index in [1.807, 2.05) is 41.0 Å². The predicted octanol–water partition coefficient (Wildman–Crippen LogP) is 3.49. The van der Waals surface area contributed by atoms with E-state index in [0.717, 1.165) is 0 Å². The maximum absolute atomic E-state index is 12.9. The molecule has 3 aromatic carbocycles. The van der Waals surface area contributed by atoms with E-state index in [4.69, 9.17) is 4.74 Å². The molecular formula is C23H19FN2O3. The summed E-state index contributed by atoms with van der Waals surface area (Å²) in [6.45, 7) is 0.660. The lowest BCUT2D eigenvalue weighted by Gasteiger charge is -2.15. The van der Waals surface area contributed by atoms with Crippen molar-refractivity contribution in [2.75, 3.05) is 13.2 Å². The molecule has 0 unspecified atom stereocenters. The molecule has 0 aliphatic heterocycles. The van der Waals surface area contributed by atoms with Crippen molar-refractivity contribution in [3.63, 3.8) is 0 Å². The summed E-state index contributed by atoms with van der Waals surface area (Å²) >= 11 is 0. The number of nitrogens with one attached hydrogen (secondary N) is 1. The zero-order valence-corrected chi connectivity index (χ0v) is 15.6. The van der Waals surface area contributed by atoms with Crippen molar-refractivity contribution in [1.29, 1.82) is 0 Å². The minimum Gasteiger partial charge on any atom is -0.492 e. The average Bonchev–Trinajstić information content (AvgIpc) is 2.75. The molecule has 0 aliphatic carbocycles. The molecule has 1 aromatic heterocycles. The van der Waals surface area contributed by atoms with Crippen LogP contribution in [0, 0.1) is 5.82 Å². The number of amides is 1. The van der Waals surface area contributed by atoms with Crippen LogP contribution >= 0.6 is 0 Å². The highest BCUT2D eigenvalue weighted by Gasteiger charge is 2.12. The molecule has 0 saturated heterocycles. The number of carbonyl (C=O) groups is 1. The second-order valence-corrected chi connectivity index (χ2v) is 6.60. The van der Waals surface area contributed by atoms with Gasteiger partial charge in [0.15, 0.2) is 5.43 Å². The highest BCUT2D eigenvalue weighted by Crippen LogP contribution is 2.19. The molecule has 1 amide bonds. The molecule has 0 bridgehead atoms. The lowest BCUT2D eigenvalue weighted by atomic mass is 10.1. The molecule has 0 aliphatic rings. The third-order valence-corrected chi connectivity index (χ3v) is 4.69. The molecule has 146 valence electrons. The van der Waals surface area contributed by atoms with Gasteiger partial charge in [-0.15, -0.1) is 0 Å². The van der Waals surface area contributed by atoms with Crippen LogP contribution in [0.25, 0.3) is 21.8 Å². The summed E-state index contributed by atoms with van der Waals surface area (Å²) in [5.74, 6) is 0.0240. The fourth-order valence-electron chi connectivity index (χ4n) is 3.34. The van der Waals surface area contributed by atoms with Gasteiger partial charge in [0, 0.05) is 10.8 Å². The van der Waals surface area contributed by atoms with Gasteiger partial charge in [0.2, 0.25) is 5.91 Å². The number of nitrogens with zero attached hydrogens (tertiary/aromatic N) is 1. The molecule has 0 saturated carbocycles. The molecule has 1 heterocycles. The molecule has 0 radical (unpaired) electrons. The minimum absolute atomic E-state index is 0.0412. The monoisotopic (exact) mass is 390 g/mol. The minimum atomic E-state index is -0.328. The van der Waals surface area contributed by atoms with E-state index >= 15 is 0 Å². The van der Waals surface area contributed by atoms with Gasteiger partial charge < -0.3 is 14.6 Å². The summed E-state index contributed by atoms with van der Waals surface area (Å²) in [5, 5.41) is 3.98. The number of para-hydroxylation sites is 2. The van der Waals surface area contributed by atoms with Crippen molar-refractivity contribution in [1.82, 2.24) is 9.88 Å². The third kappa shape index (κ3) is 3.96. The fourth-order valence-corrected chi connectivity index (χ4v) is 3.34. The maximum atomic E-state index is 12.9. The summed E-state index contributed by atoms with van der Waals surface area (Å²) < 4.78 is 20.2. The summed E-state index contributed by atoms with van der Waals surface area (Å²) in [6, 6.07) is 20.3. The van der Waals surface area contributed by atoms with Gasteiger partial charge in [0.05, 0.1) is 17.6 Å². The number of hydrogen-bond donors (Lipinski definition) is 1. The SMILES string of the molecule is O=C(Cn1c2ccccc2c(=O)c2ccccc21)NCCOc1ccc(F)cc1. The molecule has 1 N–H and O–H groups in total. The van der Waals surface area contributed by atoms with E-state index < -0.39 is 0 Å². The van der Waals surface area contributed by atoms with Crippen molar-refractivity contribution < 1.29 is 13.9 Å². The van der Waals surface area contributed by atoms with Crippen LogP contribution in [0.5, 0.6) is 5.75 Å². The van der Waals surface area contributed by atoms with Crippen molar-refractivity contribution in [3.05, 3.63) is 88.8 Å². The maximum Gasteiger partial charge on any atom is 0.240 e. The molecule has 0 fully saturated rings.